The summed E-state index contributed by atoms with van der Waals surface area (Å²) < 4.78 is 1.84. The maximum Gasteiger partial charge on any atom is 0.240 e. The smallest absolute Gasteiger partial charge is 0.240 e. The van der Waals surface area contributed by atoms with Crippen LogP contribution in [0, 0.1) is 13.8 Å². The van der Waals surface area contributed by atoms with Crippen molar-refractivity contribution in [2.45, 2.75) is 46.7 Å². The van der Waals surface area contributed by atoms with E-state index in [1.807, 2.05) is 44.4 Å². The molecule has 0 saturated carbocycles. The minimum absolute atomic E-state index is 0.00100. The van der Waals surface area contributed by atoms with Crippen molar-refractivity contribution in [3.8, 4) is 0 Å². The highest BCUT2D eigenvalue weighted by Gasteiger charge is 2.10. The van der Waals surface area contributed by atoms with Gasteiger partial charge in [-0.05, 0) is 44.4 Å². The Bertz CT molecular complexity index is 731. The van der Waals surface area contributed by atoms with E-state index >= 15 is 0 Å². The van der Waals surface area contributed by atoms with Gasteiger partial charge in [0.1, 0.15) is 6.54 Å². The minimum Gasteiger partial charge on any atom is -0.352 e. The molecule has 1 aromatic heterocycles. The van der Waals surface area contributed by atoms with Crippen LogP contribution in [0.1, 0.15) is 31.4 Å². The van der Waals surface area contributed by atoms with Crippen LogP contribution >= 0.6 is 0 Å². The summed E-state index contributed by atoms with van der Waals surface area (Å²) in [5.74, 6) is -0.0338. The van der Waals surface area contributed by atoms with Crippen LogP contribution in [0.4, 0.5) is 0 Å². The van der Waals surface area contributed by atoms with Crippen molar-refractivity contribution in [3.05, 3.63) is 45.7 Å². The third-order valence-corrected chi connectivity index (χ3v) is 3.75. The number of hydrogen-bond acceptors (Lipinski definition) is 2. The molecule has 0 saturated heterocycles. The zero-order chi connectivity index (χ0) is 15.6. The molecule has 1 atom stereocenters. The van der Waals surface area contributed by atoms with Crippen molar-refractivity contribution in [3.63, 3.8) is 0 Å². The number of aryl methyl sites for hydroxylation is 2. The summed E-state index contributed by atoms with van der Waals surface area (Å²) in [5, 5.41) is 3.64. The molecule has 0 aliphatic rings. The average molecular weight is 286 g/mol. The second kappa shape index (κ2) is 6.12. The fraction of sp³-hybridized carbons (Fsp3) is 0.412. The van der Waals surface area contributed by atoms with E-state index in [1.54, 1.807) is 6.20 Å². The van der Waals surface area contributed by atoms with Crippen LogP contribution in [0.15, 0.2) is 29.2 Å². The van der Waals surface area contributed by atoms with E-state index in [9.17, 15) is 9.59 Å². The maximum absolute atomic E-state index is 12.1. The Balaban J connectivity index is 2.43. The highest BCUT2D eigenvalue weighted by atomic mass is 16.2. The average Bonchev–Trinajstić information content (AvgIpc) is 2.41. The molecule has 4 nitrogen and oxygen atoms in total. The van der Waals surface area contributed by atoms with Gasteiger partial charge in [0.2, 0.25) is 5.91 Å². The molecular weight excluding hydrogens is 264 g/mol. The molecule has 0 aliphatic heterocycles. The summed E-state index contributed by atoms with van der Waals surface area (Å²) in [7, 11) is 0. The number of carbonyl (C=O) groups excluding carboxylic acids is 1. The third kappa shape index (κ3) is 3.32. The van der Waals surface area contributed by atoms with Gasteiger partial charge < -0.3 is 9.88 Å². The molecule has 1 heterocycles. The molecule has 4 heteroatoms. The molecule has 0 bridgehead atoms. The van der Waals surface area contributed by atoms with Gasteiger partial charge in [-0.15, -0.1) is 0 Å². The zero-order valence-corrected chi connectivity index (χ0v) is 13.1. The Hall–Kier alpha value is -2.10. The maximum atomic E-state index is 12.1. The van der Waals surface area contributed by atoms with E-state index in [2.05, 4.69) is 5.32 Å². The summed E-state index contributed by atoms with van der Waals surface area (Å²) in [5.41, 5.74) is 2.86. The van der Waals surface area contributed by atoms with Crippen molar-refractivity contribution < 1.29 is 4.79 Å². The van der Waals surface area contributed by atoms with Gasteiger partial charge in [-0.2, -0.15) is 0 Å². The molecule has 1 aromatic carbocycles. The Morgan fingerprint density at radius 3 is 2.71 bits per heavy atom. The van der Waals surface area contributed by atoms with E-state index in [0.717, 1.165) is 23.1 Å². The highest BCUT2D eigenvalue weighted by molar-refractivity contribution is 5.85. The number of nitrogens with zero attached hydrogens (tertiary/aromatic N) is 1. The van der Waals surface area contributed by atoms with Crippen molar-refractivity contribution >= 4 is 16.8 Å². The zero-order valence-electron chi connectivity index (χ0n) is 13.1. The first-order chi connectivity index (χ1) is 9.92. The number of rotatable bonds is 4. The fourth-order valence-corrected chi connectivity index (χ4v) is 2.53. The largest absolute Gasteiger partial charge is 0.352 e. The van der Waals surface area contributed by atoms with Crippen molar-refractivity contribution in [1.82, 2.24) is 9.88 Å². The Morgan fingerprint density at radius 1 is 1.33 bits per heavy atom. The standard InChI is InChI=1S/C17H22N2O2/c1-5-13(4)18-16(21)10-19-7-6-15(20)17-12(3)8-11(2)9-14(17)19/h6-9,13H,5,10H2,1-4H3,(H,18,21). The van der Waals surface area contributed by atoms with E-state index < -0.39 is 0 Å². The number of carbonyl (C=O) groups is 1. The number of pyridine rings is 1. The molecule has 0 aliphatic carbocycles. The molecule has 0 radical (unpaired) electrons. The van der Waals surface area contributed by atoms with E-state index in [4.69, 9.17) is 0 Å². The Morgan fingerprint density at radius 2 is 2.05 bits per heavy atom. The number of hydrogen-bond donors (Lipinski definition) is 1. The van der Waals surface area contributed by atoms with E-state index in [1.165, 1.54) is 6.07 Å². The quantitative estimate of drug-likeness (QED) is 0.939. The number of benzene rings is 1. The fourth-order valence-electron chi connectivity index (χ4n) is 2.53. The number of nitrogens with one attached hydrogen (secondary N) is 1. The lowest BCUT2D eigenvalue weighted by Crippen LogP contribution is -2.34. The van der Waals surface area contributed by atoms with Gasteiger partial charge >= 0.3 is 0 Å². The predicted octanol–water partition coefficient (Wildman–Crippen LogP) is 2.53. The Labute approximate surface area is 124 Å². The third-order valence-electron chi connectivity index (χ3n) is 3.75. The second-order valence-electron chi connectivity index (χ2n) is 5.66. The topological polar surface area (TPSA) is 51.1 Å². The predicted molar refractivity (Wildman–Crippen MR) is 85.6 cm³/mol. The lowest BCUT2D eigenvalue weighted by atomic mass is 10.1. The van der Waals surface area contributed by atoms with E-state index in [-0.39, 0.29) is 23.9 Å². The van der Waals surface area contributed by atoms with Crippen LogP contribution in [0.3, 0.4) is 0 Å². The van der Waals surface area contributed by atoms with Crippen molar-refractivity contribution in [2.24, 2.45) is 0 Å². The molecule has 2 rings (SSSR count). The molecule has 1 N–H and O–H groups in total. The summed E-state index contributed by atoms with van der Waals surface area (Å²) in [6.07, 6.45) is 2.59. The van der Waals surface area contributed by atoms with Gasteiger partial charge in [-0.3, -0.25) is 9.59 Å². The molecular formula is C17H22N2O2. The van der Waals surface area contributed by atoms with Crippen LogP contribution in [-0.2, 0) is 11.3 Å². The first-order valence-corrected chi connectivity index (χ1v) is 7.32. The van der Waals surface area contributed by atoms with Gasteiger partial charge in [-0.1, -0.05) is 13.0 Å². The van der Waals surface area contributed by atoms with Gasteiger partial charge in [0.05, 0.1) is 5.52 Å². The van der Waals surface area contributed by atoms with Crippen LogP contribution in [0.2, 0.25) is 0 Å². The SMILES string of the molecule is CCC(C)NC(=O)Cn1ccc(=O)c2c(C)cc(C)cc21. The summed E-state index contributed by atoms with van der Waals surface area (Å²) in [6, 6.07) is 5.64. The van der Waals surface area contributed by atoms with Gasteiger partial charge in [0.15, 0.2) is 5.43 Å². The van der Waals surface area contributed by atoms with Gasteiger partial charge in [0, 0.05) is 23.7 Å². The van der Waals surface area contributed by atoms with Crippen LogP contribution in [0.25, 0.3) is 10.9 Å². The number of fused-ring (bicyclic) bond motifs is 1. The van der Waals surface area contributed by atoms with Crippen LogP contribution in [-0.4, -0.2) is 16.5 Å². The molecule has 2 aromatic rings. The summed E-state index contributed by atoms with van der Waals surface area (Å²) in [4.78, 5) is 24.1. The molecule has 0 fully saturated rings. The highest BCUT2D eigenvalue weighted by Crippen LogP contribution is 2.17. The first kappa shape index (κ1) is 15.3. The van der Waals surface area contributed by atoms with Gasteiger partial charge in [-0.25, -0.2) is 0 Å². The minimum atomic E-state index is -0.0338. The first-order valence-electron chi connectivity index (χ1n) is 7.32. The van der Waals surface area contributed by atoms with Crippen LogP contribution < -0.4 is 10.7 Å². The van der Waals surface area contributed by atoms with Crippen molar-refractivity contribution in [2.75, 3.05) is 0 Å². The summed E-state index contributed by atoms with van der Waals surface area (Å²) >= 11 is 0. The summed E-state index contributed by atoms with van der Waals surface area (Å²) in [6.45, 7) is 8.17. The lowest BCUT2D eigenvalue weighted by Gasteiger charge is -2.15. The molecule has 1 unspecified atom stereocenters. The number of aromatic nitrogens is 1. The Kier molecular flexibility index (Phi) is 4.46. The molecule has 0 spiro atoms. The number of amides is 1. The van der Waals surface area contributed by atoms with Gasteiger partial charge in [0.25, 0.3) is 0 Å². The lowest BCUT2D eigenvalue weighted by molar-refractivity contribution is -0.122. The molecule has 1 amide bonds. The van der Waals surface area contributed by atoms with Crippen LogP contribution in [0.5, 0.6) is 0 Å². The monoisotopic (exact) mass is 286 g/mol. The molecule has 112 valence electrons. The second-order valence-corrected chi connectivity index (χ2v) is 5.66. The molecule has 21 heavy (non-hydrogen) atoms. The normalized spacial score (nSPS) is 12.4. The van der Waals surface area contributed by atoms with E-state index in [0.29, 0.717) is 5.39 Å². The van der Waals surface area contributed by atoms with Crippen molar-refractivity contribution in [1.29, 1.82) is 0 Å².